The van der Waals surface area contributed by atoms with Gasteiger partial charge in [-0.15, -0.1) is 0 Å². The van der Waals surface area contributed by atoms with Gasteiger partial charge in [-0.05, 0) is 12.3 Å². The highest BCUT2D eigenvalue weighted by Crippen LogP contribution is 2.10. The van der Waals surface area contributed by atoms with E-state index in [2.05, 4.69) is 4.74 Å². The highest BCUT2D eigenvalue weighted by atomic mass is 16.5. The van der Waals surface area contributed by atoms with Gasteiger partial charge in [-0.1, -0.05) is 6.92 Å². The van der Waals surface area contributed by atoms with Crippen LogP contribution in [0.5, 0.6) is 0 Å². The van der Waals surface area contributed by atoms with Gasteiger partial charge in [-0.25, -0.2) is 0 Å². The fraction of sp³-hybridized carbons (Fsp3) is 0.750. The number of rotatable bonds is 5. The fourth-order valence-electron chi connectivity index (χ4n) is 0.985. The Kier molecular flexibility index (Phi) is 5.06. The molecule has 0 bridgehead atoms. The maximum absolute atomic E-state index is 10.8. The van der Waals surface area contributed by atoms with Gasteiger partial charge >= 0.3 is 11.9 Å². The molecule has 5 heteroatoms. The molecule has 0 aromatic heterocycles. The molecule has 0 saturated heterocycles. The molecule has 0 amide bonds. The molecule has 1 unspecified atom stereocenters. The third-order valence-corrected chi connectivity index (χ3v) is 1.72. The van der Waals surface area contributed by atoms with Crippen LogP contribution in [0, 0.1) is 5.92 Å². The second kappa shape index (κ2) is 5.53. The van der Waals surface area contributed by atoms with Crippen molar-refractivity contribution in [2.75, 3.05) is 7.11 Å². The average Bonchev–Trinajstić information content (AvgIpc) is 2.03. The van der Waals surface area contributed by atoms with E-state index >= 15 is 0 Å². The number of aliphatic carboxylic acids is 1. The number of esters is 1. The van der Waals surface area contributed by atoms with Gasteiger partial charge in [0, 0.05) is 6.42 Å². The van der Waals surface area contributed by atoms with Crippen LogP contribution in [0.15, 0.2) is 0 Å². The maximum atomic E-state index is 10.8. The van der Waals surface area contributed by atoms with Crippen LogP contribution >= 0.6 is 0 Å². The summed E-state index contributed by atoms with van der Waals surface area (Å²) in [4.78, 5) is 21.1. The number of carbonyl (C=O) groups excluding carboxylic acids is 1. The molecule has 2 atom stereocenters. The van der Waals surface area contributed by atoms with Gasteiger partial charge < -0.3 is 15.6 Å². The standard InChI is InChI=1S/C8H15NO4/c1-5(4-7(10)13-2)3-6(9)8(11)12/h5-6H,3-4,9H2,1-2H3,(H,11,12)/t5?,6-/m0/s1. The predicted octanol–water partition coefficient (Wildman–Crippen LogP) is -0.0124. The van der Waals surface area contributed by atoms with Crippen LogP contribution in [-0.2, 0) is 14.3 Å². The molecule has 0 aromatic carbocycles. The van der Waals surface area contributed by atoms with Gasteiger partial charge in [0.15, 0.2) is 0 Å². The van der Waals surface area contributed by atoms with Crippen LogP contribution in [0.1, 0.15) is 19.8 Å². The lowest BCUT2D eigenvalue weighted by molar-refractivity contribution is -0.143. The summed E-state index contributed by atoms with van der Waals surface area (Å²) in [5.41, 5.74) is 5.28. The van der Waals surface area contributed by atoms with E-state index in [0.717, 1.165) is 0 Å². The van der Waals surface area contributed by atoms with E-state index in [-0.39, 0.29) is 24.7 Å². The van der Waals surface area contributed by atoms with E-state index < -0.39 is 12.0 Å². The largest absolute Gasteiger partial charge is 0.480 e. The summed E-state index contributed by atoms with van der Waals surface area (Å²) in [6.45, 7) is 1.76. The van der Waals surface area contributed by atoms with Crippen molar-refractivity contribution in [2.45, 2.75) is 25.8 Å². The van der Waals surface area contributed by atoms with Gasteiger partial charge in [0.05, 0.1) is 7.11 Å². The van der Waals surface area contributed by atoms with Gasteiger partial charge in [0.1, 0.15) is 6.04 Å². The summed E-state index contributed by atoms with van der Waals surface area (Å²) < 4.78 is 4.44. The van der Waals surface area contributed by atoms with E-state index in [1.165, 1.54) is 7.11 Å². The van der Waals surface area contributed by atoms with Crippen molar-refractivity contribution < 1.29 is 19.4 Å². The van der Waals surface area contributed by atoms with Crippen LogP contribution in [0.3, 0.4) is 0 Å². The number of ether oxygens (including phenoxy) is 1. The van der Waals surface area contributed by atoms with Crippen LogP contribution in [0.2, 0.25) is 0 Å². The minimum Gasteiger partial charge on any atom is -0.480 e. The van der Waals surface area contributed by atoms with Gasteiger partial charge in [-0.2, -0.15) is 0 Å². The third-order valence-electron chi connectivity index (χ3n) is 1.72. The summed E-state index contributed by atoms with van der Waals surface area (Å²) in [5, 5.41) is 8.48. The third kappa shape index (κ3) is 5.19. The molecule has 0 aromatic rings. The van der Waals surface area contributed by atoms with E-state index in [1.54, 1.807) is 6.92 Å². The van der Waals surface area contributed by atoms with Crippen LogP contribution in [0.4, 0.5) is 0 Å². The lowest BCUT2D eigenvalue weighted by Crippen LogP contribution is -2.32. The molecule has 0 aliphatic rings. The number of carboxylic acids is 1. The number of nitrogens with two attached hydrogens (primary N) is 1. The van der Waals surface area contributed by atoms with Crippen molar-refractivity contribution in [3.8, 4) is 0 Å². The molecule has 13 heavy (non-hydrogen) atoms. The molecule has 0 spiro atoms. The Morgan fingerprint density at radius 3 is 2.46 bits per heavy atom. The molecule has 0 fully saturated rings. The Morgan fingerprint density at radius 2 is 2.08 bits per heavy atom. The number of hydrogen-bond acceptors (Lipinski definition) is 4. The Hall–Kier alpha value is -1.10. The number of hydrogen-bond donors (Lipinski definition) is 2. The minimum atomic E-state index is -1.04. The summed E-state index contributed by atoms with van der Waals surface area (Å²) in [5.74, 6) is -1.46. The van der Waals surface area contributed by atoms with Gasteiger partial charge in [0.2, 0.25) is 0 Å². The average molecular weight is 189 g/mol. The zero-order chi connectivity index (χ0) is 10.4. The molecule has 0 rings (SSSR count). The molecule has 3 N–H and O–H groups in total. The van der Waals surface area contributed by atoms with Crippen molar-refractivity contribution in [3.05, 3.63) is 0 Å². The summed E-state index contributed by atoms with van der Waals surface area (Å²) in [6.07, 6.45) is 0.488. The zero-order valence-electron chi connectivity index (χ0n) is 7.82. The Morgan fingerprint density at radius 1 is 1.54 bits per heavy atom. The highest BCUT2D eigenvalue weighted by molar-refractivity contribution is 5.73. The molecule has 0 heterocycles. The monoisotopic (exact) mass is 189 g/mol. The predicted molar refractivity (Wildman–Crippen MR) is 46.0 cm³/mol. The number of carboxylic acid groups (broad SMARTS) is 1. The van der Waals surface area contributed by atoms with Crippen LogP contribution < -0.4 is 5.73 Å². The minimum absolute atomic E-state index is 0.0708. The molecule has 76 valence electrons. The molecule has 0 aliphatic heterocycles. The first-order chi connectivity index (χ1) is 5.97. The lowest BCUT2D eigenvalue weighted by Gasteiger charge is -2.12. The Labute approximate surface area is 76.9 Å². The molecular formula is C8H15NO4. The van der Waals surface area contributed by atoms with E-state index in [9.17, 15) is 9.59 Å². The molecule has 0 aliphatic carbocycles. The van der Waals surface area contributed by atoms with Crippen molar-refractivity contribution in [1.29, 1.82) is 0 Å². The molecular weight excluding hydrogens is 174 g/mol. The van der Waals surface area contributed by atoms with Crippen LogP contribution in [0.25, 0.3) is 0 Å². The first kappa shape index (κ1) is 11.9. The van der Waals surface area contributed by atoms with Crippen molar-refractivity contribution >= 4 is 11.9 Å². The zero-order valence-corrected chi connectivity index (χ0v) is 7.82. The van der Waals surface area contributed by atoms with E-state index in [0.29, 0.717) is 0 Å². The van der Waals surface area contributed by atoms with Gasteiger partial charge in [-0.3, -0.25) is 9.59 Å². The van der Waals surface area contributed by atoms with Crippen molar-refractivity contribution in [3.63, 3.8) is 0 Å². The van der Waals surface area contributed by atoms with Crippen LogP contribution in [-0.4, -0.2) is 30.2 Å². The summed E-state index contributed by atoms with van der Waals surface area (Å²) in [7, 11) is 1.30. The first-order valence-corrected chi connectivity index (χ1v) is 4.02. The molecule has 0 radical (unpaired) electrons. The molecule has 0 saturated carbocycles. The van der Waals surface area contributed by atoms with E-state index in [1.807, 2.05) is 0 Å². The molecule has 5 nitrogen and oxygen atoms in total. The van der Waals surface area contributed by atoms with Gasteiger partial charge in [0.25, 0.3) is 0 Å². The topological polar surface area (TPSA) is 89.6 Å². The van der Waals surface area contributed by atoms with Crippen molar-refractivity contribution in [1.82, 2.24) is 0 Å². The maximum Gasteiger partial charge on any atom is 0.320 e. The summed E-state index contributed by atoms with van der Waals surface area (Å²) in [6, 6.07) is -0.903. The summed E-state index contributed by atoms with van der Waals surface area (Å²) >= 11 is 0. The second-order valence-electron chi connectivity index (χ2n) is 3.07. The quantitative estimate of drug-likeness (QED) is 0.593. The smallest absolute Gasteiger partial charge is 0.320 e. The van der Waals surface area contributed by atoms with Crippen molar-refractivity contribution in [2.24, 2.45) is 11.7 Å². The number of carbonyl (C=O) groups is 2. The normalized spacial score (nSPS) is 14.7. The SMILES string of the molecule is COC(=O)CC(C)C[C@H](N)C(=O)O. The lowest BCUT2D eigenvalue weighted by atomic mass is 9.99. The highest BCUT2D eigenvalue weighted by Gasteiger charge is 2.17. The van der Waals surface area contributed by atoms with E-state index in [4.69, 9.17) is 10.8 Å². The Bertz CT molecular complexity index is 193. The number of methoxy groups -OCH3 is 1. The first-order valence-electron chi connectivity index (χ1n) is 4.02. The fourth-order valence-corrected chi connectivity index (χ4v) is 0.985. The second-order valence-corrected chi connectivity index (χ2v) is 3.07. The Balaban J connectivity index is 3.80.